The first kappa shape index (κ1) is 19.1. The van der Waals surface area contributed by atoms with Crippen molar-refractivity contribution in [3.05, 3.63) is 89.6 Å². The number of benzene rings is 2. The number of para-hydroxylation sites is 1. The van der Waals surface area contributed by atoms with Crippen LogP contribution in [-0.2, 0) is 0 Å². The van der Waals surface area contributed by atoms with Crippen molar-refractivity contribution in [2.45, 2.75) is 13.8 Å². The lowest BCUT2D eigenvalue weighted by atomic mass is 9.93. The molecule has 3 heterocycles. The summed E-state index contributed by atoms with van der Waals surface area (Å²) < 4.78 is 0. The summed E-state index contributed by atoms with van der Waals surface area (Å²) in [6.07, 6.45) is 5.46. The fraction of sp³-hybridized carbons (Fsp3) is 0.160. The molecule has 2 aromatic heterocycles. The largest absolute Gasteiger partial charge is 0.352 e. The summed E-state index contributed by atoms with van der Waals surface area (Å²) in [5.41, 5.74) is 9.55. The normalized spacial score (nSPS) is 13.3. The number of nitrogens with one attached hydrogen (secondary N) is 1. The van der Waals surface area contributed by atoms with E-state index >= 15 is 0 Å². The Hall–Kier alpha value is -3.93. The van der Waals surface area contributed by atoms with E-state index in [1.807, 2.05) is 7.05 Å². The van der Waals surface area contributed by atoms with Crippen LogP contribution in [0.15, 0.2) is 67.4 Å². The van der Waals surface area contributed by atoms with Gasteiger partial charge in [0.2, 0.25) is 0 Å². The SMILES string of the molecule is C=C1c2c(C)cccc2C=C(CN(C)c2ncnc3nc[nH]c23)N1c1ccccc1C. The fourth-order valence-electron chi connectivity index (χ4n) is 4.32. The third kappa shape index (κ3) is 3.17. The van der Waals surface area contributed by atoms with Gasteiger partial charge in [0.25, 0.3) is 0 Å². The molecule has 6 nitrogen and oxygen atoms in total. The van der Waals surface area contributed by atoms with Gasteiger partial charge in [0.05, 0.1) is 12.9 Å². The number of H-pyrrole nitrogens is 1. The lowest BCUT2D eigenvalue weighted by Gasteiger charge is -2.37. The molecule has 0 atom stereocenters. The van der Waals surface area contributed by atoms with Gasteiger partial charge in [0.1, 0.15) is 11.8 Å². The molecule has 2 aromatic carbocycles. The van der Waals surface area contributed by atoms with Crippen LogP contribution in [0.25, 0.3) is 22.9 Å². The van der Waals surface area contributed by atoms with Crippen molar-refractivity contribution >= 4 is 34.4 Å². The van der Waals surface area contributed by atoms with Crippen LogP contribution in [0.2, 0.25) is 0 Å². The molecule has 154 valence electrons. The minimum absolute atomic E-state index is 0.645. The van der Waals surface area contributed by atoms with Gasteiger partial charge in [0.15, 0.2) is 11.5 Å². The number of aryl methyl sites for hydroxylation is 2. The number of hydrogen-bond acceptors (Lipinski definition) is 5. The molecule has 0 unspecified atom stereocenters. The Morgan fingerprint density at radius 3 is 2.65 bits per heavy atom. The van der Waals surface area contributed by atoms with Crippen molar-refractivity contribution in [1.82, 2.24) is 19.9 Å². The van der Waals surface area contributed by atoms with Gasteiger partial charge in [0, 0.05) is 29.7 Å². The molecule has 0 aliphatic carbocycles. The first-order chi connectivity index (χ1) is 15.0. The van der Waals surface area contributed by atoms with E-state index in [9.17, 15) is 0 Å². The third-order valence-corrected chi connectivity index (χ3v) is 5.79. The molecule has 0 radical (unpaired) electrons. The summed E-state index contributed by atoms with van der Waals surface area (Å²) in [6, 6.07) is 14.8. The molecule has 0 bridgehead atoms. The lowest BCUT2D eigenvalue weighted by molar-refractivity contribution is 0.925. The highest BCUT2D eigenvalue weighted by Crippen LogP contribution is 2.39. The summed E-state index contributed by atoms with van der Waals surface area (Å²) in [6.45, 7) is 9.43. The average molecular weight is 409 g/mol. The number of nitrogens with zero attached hydrogens (tertiary/aromatic N) is 5. The molecule has 1 aliphatic heterocycles. The number of aromatic amines is 1. The molecule has 5 rings (SSSR count). The van der Waals surface area contributed by atoms with Gasteiger partial charge in [-0.15, -0.1) is 0 Å². The van der Waals surface area contributed by atoms with E-state index in [2.05, 4.69) is 98.7 Å². The minimum atomic E-state index is 0.645. The Kier molecular flexibility index (Phi) is 4.55. The molecule has 31 heavy (non-hydrogen) atoms. The number of imidazole rings is 1. The summed E-state index contributed by atoms with van der Waals surface area (Å²) >= 11 is 0. The standard InChI is InChI=1S/C25H24N6/c1-16-8-5-6-11-21(16)31-18(3)22-17(2)9-7-10-19(22)12-20(31)13-30(4)25-23-24(27-14-26-23)28-15-29-25/h5-12,14-15H,3,13H2,1-2,4H3,(H,26,27,28,29). The molecule has 0 amide bonds. The van der Waals surface area contributed by atoms with E-state index in [1.165, 1.54) is 22.3 Å². The Morgan fingerprint density at radius 2 is 1.81 bits per heavy atom. The van der Waals surface area contributed by atoms with Crippen molar-refractivity contribution in [2.75, 3.05) is 23.4 Å². The predicted octanol–water partition coefficient (Wildman–Crippen LogP) is 4.94. The van der Waals surface area contributed by atoms with Gasteiger partial charge in [-0.05, 0) is 42.7 Å². The van der Waals surface area contributed by atoms with Crippen molar-refractivity contribution in [3.8, 4) is 0 Å². The molecule has 1 aliphatic rings. The molecule has 0 spiro atoms. The van der Waals surface area contributed by atoms with Gasteiger partial charge in [-0.2, -0.15) is 0 Å². The van der Waals surface area contributed by atoms with E-state index in [0.29, 0.717) is 12.2 Å². The predicted molar refractivity (Wildman–Crippen MR) is 127 cm³/mol. The Bertz CT molecular complexity index is 1330. The second kappa shape index (κ2) is 7.40. The van der Waals surface area contributed by atoms with E-state index in [-0.39, 0.29) is 0 Å². The first-order valence-electron chi connectivity index (χ1n) is 10.2. The maximum atomic E-state index is 4.51. The van der Waals surface area contributed by atoms with Gasteiger partial charge >= 0.3 is 0 Å². The van der Waals surface area contributed by atoms with Gasteiger partial charge in [-0.3, -0.25) is 0 Å². The van der Waals surface area contributed by atoms with Crippen LogP contribution in [0.5, 0.6) is 0 Å². The summed E-state index contributed by atoms with van der Waals surface area (Å²) in [7, 11) is 2.04. The van der Waals surface area contributed by atoms with E-state index < -0.39 is 0 Å². The zero-order valence-electron chi connectivity index (χ0n) is 17.9. The lowest BCUT2D eigenvalue weighted by Crippen LogP contribution is -2.33. The highest BCUT2D eigenvalue weighted by Gasteiger charge is 2.27. The minimum Gasteiger partial charge on any atom is -0.352 e. The Morgan fingerprint density at radius 1 is 1.00 bits per heavy atom. The van der Waals surface area contributed by atoms with E-state index in [0.717, 1.165) is 28.4 Å². The van der Waals surface area contributed by atoms with E-state index in [4.69, 9.17) is 0 Å². The Balaban J connectivity index is 1.62. The number of fused-ring (bicyclic) bond motifs is 2. The van der Waals surface area contributed by atoms with Crippen LogP contribution in [-0.4, -0.2) is 33.5 Å². The second-order valence-corrected chi connectivity index (χ2v) is 7.90. The first-order valence-corrected chi connectivity index (χ1v) is 10.2. The van der Waals surface area contributed by atoms with Crippen LogP contribution >= 0.6 is 0 Å². The second-order valence-electron chi connectivity index (χ2n) is 7.90. The summed E-state index contributed by atoms with van der Waals surface area (Å²) in [5, 5.41) is 0. The highest BCUT2D eigenvalue weighted by atomic mass is 15.2. The van der Waals surface area contributed by atoms with Gasteiger partial charge in [-0.1, -0.05) is 43.0 Å². The maximum Gasteiger partial charge on any atom is 0.182 e. The molecule has 6 heteroatoms. The molecule has 0 saturated heterocycles. The topological polar surface area (TPSA) is 60.9 Å². The monoisotopic (exact) mass is 408 g/mol. The van der Waals surface area contributed by atoms with E-state index in [1.54, 1.807) is 12.7 Å². The van der Waals surface area contributed by atoms with Crippen molar-refractivity contribution in [3.63, 3.8) is 0 Å². The summed E-state index contributed by atoms with van der Waals surface area (Å²) in [4.78, 5) is 20.6. The molecular formula is C25H24N6. The summed E-state index contributed by atoms with van der Waals surface area (Å²) in [5.74, 6) is 0.814. The number of aromatic nitrogens is 4. The highest BCUT2D eigenvalue weighted by molar-refractivity contribution is 5.93. The smallest absolute Gasteiger partial charge is 0.182 e. The third-order valence-electron chi connectivity index (χ3n) is 5.79. The average Bonchev–Trinajstić information content (AvgIpc) is 3.24. The fourth-order valence-corrected chi connectivity index (χ4v) is 4.32. The van der Waals surface area contributed by atoms with Gasteiger partial charge < -0.3 is 14.8 Å². The molecule has 4 aromatic rings. The maximum absolute atomic E-state index is 4.51. The van der Waals surface area contributed by atoms with Crippen LogP contribution in [0, 0.1) is 13.8 Å². The number of anilines is 2. The number of likely N-dealkylation sites (N-methyl/N-ethyl adjacent to an activating group) is 1. The quantitative estimate of drug-likeness (QED) is 0.518. The zero-order valence-corrected chi connectivity index (χ0v) is 17.9. The molecular weight excluding hydrogens is 384 g/mol. The molecule has 1 N–H and O–H groups in total. The van der Waals surface area contributed by atoms with Crippen LogP contribution < -0.4 is 9.80 Å². The van der Waals surface area contributed by atoms with Crippen LogP contribution in [0.3, 0.4) is 0 Å². The molecule has 0 saturated carbocycles. The van der Waals surface area contributed by atoms with Crippen molar-refractivity contribution in [1.29, 1.82) is 0 Å². The number of hydrogen-bond donors (Lipinski definition) is 1. The van der Waals surface area contributed by atoms with Crippen molar-refractivity contribution in [2.24, 2.45) is 0 Å². The number of rotatable bonds is 4. The Labute approximate surface area is 181 Å². The zero-order chi connectivity index (χ0) is 21.5. The van der Waals surface area contributed by atoms with Crippen LogP contribution in [0.1, 0.15) is 22.3 Å². The van der Waals surface area contributed by atoms with Gasteiger partial charge in [-0.25, -0.2) is 15.0 Å². The molecule has 0 fully saturated rings. The van der Waals surface area contributed by atoms with Crippen molar-refractivity contribution < 1.29 is 0 Å². The van der Waals surface area contributed by atoms with Crippen LogP contribution in [0.4, 0.5) is 11.5 Å².